The second-order valence-corrected chi connectivity index (χ2v) is 5.77. The van der Waals surface area contributed by atoms with E-state index >= 15 is 0 Å². The summed E-state index contributed by atoms with van der Waals surface area (Å²) in [5.74, 6) is 0.963. The highest BCUT2D eigenvalue weighted by Gasteiger charge is 2.44. The van der Waals surface area contributed by atoms with E-state index in [9.17, 15) is 4.79 Å². The summed E-state index contributed by atoms with van der Waals surface area (Å²) in [4.78, 5) is 13.9. The van der Waals surface area contributed by atoms with Gasteiger partial charge in [0.2, 0.25) is 5.91 Å². The molecule has 1 aliphatic heterocycles. The van der Waals surface area contributed by atoms with Crippen molar-refractivity contribution in [1.82, 2.24) is 10.2 Å². The van der Waals surface area contributed by atoms with Crippen molar-refractivity contribution in [2.45, 2.75) is 57.4 Å². The fraction of sp³-hybridized carbons (Fsp3) is 0.929. The number of hydrogen-bond acceptors (Lipinski definition) is 2. The number of carbonyl (C=O) groups is 1. The van der Waals surface area contributed by atoms with Crippen LogP contribution in [0.4, 0.5) is 0 Å². The zero-order valence-electron chi connectivity index (χ0n) is 11.7. The highest BCUT2D eigenvalue weighted by atomic mass is 35.5. The third-order valence-electron chi connectivity index (χ3n) is 4.97. The van der Waals surface area contributed by atoms with Crippen molar-refractivity contribution < 1.29 is 4.79 Å². The van der Waals surface area contributed by atoms with Crippen molar-refractivity contribution in [3.63, 3.8) is 0 Å². The predicted molar refractivity (Wildman–Crippen MR) is 77.1 cm³/mol. The Kier molecular flexibility index (Phi) is 5.93. The summed E-state index contributed by atoms with van der Waals surface area (Å²) in [5.41, 5.74) is 0.150. The first kappa shape index (κ1) is 15.8. The molecule has 0 aromatic heterocycles. The topological polar surface area (TPSA) is 32.3 Å². The molecule has 0 aromatic rings. The van der Waals surface area contributed by atoms with Gasteiger partial charge in [0.05, 0.1) is 0 Å². The number of halogens is 1. The molecule has 106 valence electrons. The van der Waals surface area contributed by atoms with Crippen LogP contribution in [-0.4, -0.2) is 36.5 Å². The van der Waals surface area contributed by atoms with E-state index < -0.39 is 0 Å². The smallest absolute Gasteiger partial charge is 0.219 e. The van der Waals surface area contributed by atoms with Crippen molar-refractivity contribution >= 4 is 18.3 Å². The molecule has 3 nitrogen and oxygen atoms in total. The molecule has 1 aliphatic carbocycles. The minimum absolute atomic E-state index is 0. The summed E-state index contributed by atoms with van der Waals surface area (Å²) < 4.78 is 0. The number of nitrogens with zero attached hydrogens (tertiary/aromatic N) is 1. The molecule has 0 bridgehead atoms. The van der Waals surface area contributed by atoms with E-state index in [1.807, 2.05) is 7.05 Å². The normalized spacial score (nSPS) is 24.1. The van der Waals surface area contributed by atoms with E-state index in [2.05, 4.69) is 10.2 Å². The molecule has 0 atom stereocenters. The standard InChI is InChI=1S/C14H26N2O.ClH/c1-12(17)16(2)14(8-10-15-11-9-14)13-6-4-3-5-7-13;/h13,15H,3-11H2,1-2H3;1H. The van der Waals surface area contributed by atoms with E-state index in [-0.39, 0.29) is 23.9 Å². The van der Waals surface area contributed by atoms with Crippen molar-refractivity contribution in [2.24, 2.45) is 5.92 Å². The molecule has 2 rings (SSSR count). The van der Waals surface area contributed by atoms with Gasteiger partial charge in [-0.3, -0.25) is 4.79 Å². The molecule has 0 spiro atoms. The van der Waals surface area contributed by atoms with Crippen LogP contribution in [-0.2, 0) is 4.79 Å². The molecule has 1 N–H and O–H groups in total. The Bertz CT molecular complexity index is 271. The summed E-state index contributed by atoms with van der Waals surface area (Å²) in [6.07, 6.45) is 8.99. The van der Waals surface area contributed by atoms with Gasteiger partial charge in [-0.15, -0.1) is 12.4 Å². The summed E-state index contributed by atoms with van der Waals surface area (Å²) in [6.45, 7) is 3.84. The summed E-state index contributed by atoms with van der Waals surface area (Å²) in [5, 5.41) is 3.43. The molecule has 1 amide bonds. The number of amides is 1. The van der Waals surface area contributed by atoms with E-state index in [1.165, 1.54) is 32.1 Å². The third-order valence-corrected chi connectivity index (χ3v) is 4.97. The lowest BCUT2D eigenvalue weighted by molar-refractivity contribution is -0.138. The van der Waals surface area contributed by atoms with Crippen molar-refractivity contribution in [2.75, 3.05) is 20.1 Å². The van der Waals surface area contributed by atoms with Crippen LogP contribution in [0.2, 0.25) is 0 Å². The lowest BCUT2D eigenvalue weighted by atomic mass is 9.69. The van der Waals surface area contributed by atoms with Crippen LogP contribution in [0, 0.1) is 5.92 Å². The van der Waals surface area contributed by atoms with Crippen LogP contribution < -0.4 is 5.32 Å². The van der Waals surface area contributed by atoms with Crippen LogP contribution in [0.3, 0.4) is 0 Å². The molecule has 1 heterocycles. The minimum atomic E-state index is 0. The third kappa shape index (κ3) is 3.00. The Balaban J connectivity index is 0.00000162. The fourth-order valence-corrected chi connectivity index (χ4v) is 3.83. The van der Waals surface area contributed by atoms with Crippen molar-refractivity contribution in [1.29, 1.82) is 0 Å². The first-order valence-corrected chi connectivity index (χ1v) is 7.12. The molecule has 0 radical (unpaired) electrons. The zero-order valence-corrected chi connectivity index (χ0v) is 12.5. The molecular weight excluding hydrogens is 248 g/mol. The lowest BCUT2D eigenvalue weighted by Gasteiger charge is -2.51. The molecule has 2 fully saturated rings. The van der Waals surface area contributed by atoms with Gasteiger partial charge in [-0.25, -0.2) is 0 Å². The molecule has 18 heavy (non-hydrogen) atoms. The van der Waals surface area contributed by atoms with Gasteiger partial charge in [-0.05, 0) is 44.7 Å². The Labute approximate surface area is 117 Å². The number of carbonyl (C=O) groups excluding carboxylic acids is 1. The quantitative estimate of drug-likeness (QED) is 0.839. The number of nitrogens with one attached hydrogen (secondary N) is 1. The van der Waals surface area contributed by atoms with E-state index in [1.54, 1.807) is 6.92 Å². The first-order chi connectivity index (χ1) is 8.17. The Hall–Kier alpha value is -0.280. The van der Waals surface area contributed by atoms with E-state index in [0.717, 1.165) is 31.8 Å². The summed E-state index contributed by atoms with van der Waals surface area (Å²) in [7, 11) is 2.02. The van der Waals surface area contributed by atoms with Gasteiger partial charge in [0.15, 0.2) is 0 Å². The fourth-order valence-electron chi connectivity index (χ4n) is 3.83. The van der Waals surface area contributed by atoms with Gasteiger partial charge >= 0.3 is 0 Å². The van der Waals surface area contributed by atoms with Gasteiger partial charge in [0.25, 0.3) is 0 Å². The van der Waals surface area contributed by atoms with Crippen LogP contribution >= 0.6 is 12.4 Å². The molecule has 1 saturated carbocycles. The maximum atomic E-state index is 11.8. The molecule has 0 aromatic carbocycles. The van der Waals surface area contributed by atoms with Crippen LogP contribution in [0.25, 0.3) is 0 Å². The molecule has 1 saturated heterocycles. The van der Waals surface area contributed by atoms with Gasteiger partial charge in [-0.1, -0.05) is 19.3 Å². The van der Waals surface area contributed by atoms with Gasteiger partial charge in [-0.2, -0.15) is 0 Å². The Morgan fingerprint density at radius 1 is 1.17 bits per heavy atom. The SMILES string of the molecule is CC(=O)N(C)C1(C2CCCCC2)CCNCC1.Cl. The number of hydrogen-bond donors (Lipinski definition) is 1. The molecule has 0 unspecified atom stereocenters. The minimum Gasteiger partial charge on any atom is -0.340 e. The highest BCUT2D eigenvalue weighted by Crippen LogP contribution is 2.41. The maximum Gasteiger partial charge on any atom is 0.219 e. The monoisotopic (exact) mass is 274 g/mol. The van der Waals surface area contributed by atoms with E-state index in [0.29, 0.717) is 0 Å². The van der Waals surface area contributed by atoms with Gasteiger partial charge < -0.3 is 10.2 Å². The molecule has 4 heteroatoms. The Morgan fingerprint density at radius 3 is 2.22 bits per heavy atom. The summed E-state index contributed by atoms with van der Waals surface area (Å²) >= 11 is 0. The zero-order chi connectivity index (χ0) is 12.3. The largest absolute Gasteiger partial charge is 0.340 e. The number of rotatable bonds is 2. The highest BCUT2D eigenvalue weighted by molar-refractivity contribution is 5.85. The maximum absolute atomic E-state index is 11.8. The Morgan fingerprint density at radius 2 is 1.72 bits per heavy atom. The predicted octanol–water partition coefficient (Wildman–Crippen LogP) is 2.59. The van der Waals surface area contributed by atoms with Gasteiger partial charge in [0, 0.05) is 19.5 Å². The second kappa shape index (κ2) is 6.76. The van der Waals surface area contributed by atoms with Crippen molar-refractivity contribution in [3.8, 4) is 0 Å². The van der Waals surface area contributed by atoms with Gasteiger partial charge in [0.1, 0.15) is 0 Å². The molecule has 2 aliphatic rings. The lowest BCUT2D eigenvalue weighted by Crippen LogP contribution is -2.59. The number of piperidine rings is 1. The van der Waals surface area contributed by atoms with Crippen molar-refractivity contribution in [3.05, 3.63) is 0 Å². The second-order valence-electron chi connectivity index (χ2n) is 5.77. The first-order valence-electron chi connectivity index (χ1n) is 7.12. The van der Waals surface area contributed by atoms with E-state index in [4.69, 9.17) is 0 Å². The summed E-state index contributed by atoms with van der Waals surface area (Å²) in [6, 6.07) is 0. The molecular formula is C14H27ClN2O. The van der Waals surface area contributed by atoms with Crippen LogP contribution in [0.5, 0.6) is 0 Å². The van der Waals surface area contributed by atoms with Crippen LogP contribution in [0.15, 0.2) is 0 Å². The van der Waals surface area contributed by atoms with Crippen LogP contribution in [0.1, 0.15) is 51.9 Å². The average molecular weight is 275 g/mol. The average Bonchev–Trinajstić information content (AvgIpc) is 2.39.